The number of benzene rings is 3. The van der Waals surface area contributed by atoms with Crippen LogP contribution in [0.15, 0.2) is 98.8 Å². The molecule has 1 aromatic heterocycles. The second-order valence-corrected chi connectivity index (χ2v) is 10.6. The van der Waals surface area contributed by atoms with Crippen LogP contribution in [0.5, 0.6) is 0 Å². The number of fused-ring (bicyclic) bond motifs is 4. The molecule has 3 aromatic carbocycles. The van der Waals surface area contributed by atoms with E-state index in [2.05, 4.69) is 70.6 Å². The van der Waals surface area contributed by atoms with Crippen molar-refractivity contribution in [2.45, 2.75) is 19.6 Å². The minimum atomic E-state index is -0.510. The third-order valence-corrected chi connectivity index (χ3v) is 10.3. The summed E-state index contributed by atoms with van der Waals surface area (Å²) in [5, 5.41) is 4.46. The van der Waals surface area contributed by atoms with Crippen molar-refractivity contribution in [2.24, 2.45) is 0 Å². The molecule has 3 heterocycles. The molecule has 4 aromatic rings. The fourth-order valence-corrected chi connectivity index (χ4v) is 9.59. The summed E-state index contributed by atoms with van der Waals surface area (Å²) in [4.78, 5) is 14.3. The Hall–Kier alpha value is -2.13. The largest absolute Gasteiger partial charge is 0.261 e. The summed E-state index contributed by atoms with van der Waals surface area (Å²) in [5.41, 5.74) is 2.07. The highest BCUT2D eigenvalue weighted by Crippen LogP contribution is 2.54. The third-order valence-electron chi connectivity index (χ3n) is 4.77. The lowest BCUT2D eigenvalue weighted by atomic mass is 10.1. The van der Waals surface area contributed by atoms with E-state index in [1.54, 1.807) is 12.4 Å². The fraction of sp³-hybridized carbons (Fsp3) is 0. The van der Waals surface area contributed by atoms with E-state index in [1.807, 2.05) is 29.7 Å². The molecular weight excluding hydrogens is 387 g/mol. The second kappa shape index (κ2) is 6.20. The minimum absolute atomic E-state index is 0.510. The monoisotopic (exact) mass is 400 g/mol. The Labute approximate surface area is 167 Å². The summed E-state index contributed by atoms with van der Waals surface area (Å²) in [6.07, 6.45) is 5.33. The molecule has 6 rings (SSSR count). The van der Waals surface area contributed by atoms with E-state index in [0.717, 1.165) is 11.3 Å². The zero-order valence-corrected chi connectivity index (χ0v) is 16.7. The van der Waals surface area contributed by atoms with E-state index in [4.69, 9.17) is 0 Å². The Bertz CT molecular complexity index is 1120. The number of nitrogens with zero attached hydrogens (tertiary/aromatic N) is 2. The molecule has 0 saturated heterocycles. The van der Waals surface area contributed by atoms with Crippen molar-refractivity contribution in [1.82, 2.24) is 9.97 Å². The molecule has 2 nitrogen and oxygen atoms in total. The number of hydrogen-bond donors (Lipinski definition) is 0. The van der Waals surface area contributed by atoms with Gasteiger partial charge in [0.15, 0.2) is 0 Å². The van der Waals surface area contributed by atoms with Gasteiger partial charge in [0, 0.05) is 42.8 Å². The van der Waals surface area contributed by atoms with Gasteiger partial charge in [0.2, 0.25) is 0 Å². The Morgan fingerprint density at radius 1 is 0.704 bits per heavy atom. The predicted molar refractivity (Wildman–Crippen MR) is 114 cm³/mol. The van der Waals surface area contributed by atoms with Gasteiger partial charge in [0.25, 0.3) is 0 Å². The van der Waals surface area contributed by atoms with Crippen molar-refractivity contribution in [2.75, 3.05) is 0 Å². The maximum absolute atomic E-state index is 4.52. The second-order valence-electron chi connectivity index (χ2n) is 6.39. The standard InChI is InChI=1S/C22H13N2PS2/c1-3-7-18-16(5-1)25-17-6-2-4-8-19(17)27-21-12-14(11-20(26-18)22(21)25)15-13-23-9-10-24-15/h1-13H. The number of aromatic nitrogens is 2. The first-order valence-electron chi connectivity index (χ1n) is 8.67. The highest BCUT2D eigenvalue weighted by Gasteiger charge is 2.35. The minimum Gasteiger partial charge on any atom is -0.261 e. The van der Waals surface area contributed by atoms with Gasteiger partial charge in [-0.2, -0.15) is 0 Å². The van der Waals surface area contributed by atoms with Crippen molar-refractivity contribution >= 4 is 47.4 Å². The molecule has 0 unspecified atom stereocenters. The summed E-state index contributed by atoms with van der Waals surface area (Å²) in [6, 6.07) is 22.4. The first kappa shape index (κ1) is 15.9. The van der Waals surface area contributed by atoms with Gasteiger partial charge in [-0.1, -0.05) is 59.9 Å². The normalized spacial score (nSPS) is 14.2. The zero-order valence-electron chi connectivity index (χ0n) is 14.2. The van der Waals surface area contributed by atoms with Crippen LogP contribution >= 0.6 is 31.4 Å². The SMILES string of the molecule is c1ccc2c(c1)Sc1cc(-c3cnccn3)cc3c1P2c1ccccc1S3. The van der Waals surface area contributed by atoms with Gasteiger partial charge in [-0.3, -0.25) is 9.97 Å². The highest BCUT2D eigenvalue weighted by molar-refractivity contribution is 8.04. The van der Waals surface area contributed by atoms with Crippen LogP contribution in [0, 0.1) is 0 Å². The Kier molecular flexibility index (Phi) is 3.65. The van der Waals surface area contributed by atoms with Crippen LogP contribution in [0.4, 0.5) is 0 Å². The van der Waals surface area contributed by atoms with Crippen molar-refractivity contribution in [3.63, 3.8) is 0 Å². The molecule has 0 amide bonds. The van der Waals surface area contributed by atoms with E-state index in [1.165, 1.54) is 35.5 Å². The molecule has 27 heavy (non-hydrogen) atoms. The quantitative estimate of drug-likeness (QED) is 0.369. The molecule has 0 atom stereocenters. The molecule has 128 valence electrons. The summed E-state index contributed by atoms with van der Waals surface area (Å²) >= 11 is 3.78. The molecule has 2 aliphatic rings. The van der Waals surface area contributed by atoms with Gasteiger partial charge in [-0.15, -0.1) is 0 Å². The molecule has 0 spiro atoms. The predicted octanol–water partition coefficient (Wildman–Crippen LogP) is 4.83. The Balaban J connectivity index is 1.64. The summed E-state index contributed by atoms with van der Waals surface area (Å²) < 4.78 is 0. The topological polar surface area (TPSA) is 25.8 Å². The smallest absolute Gasteiger partial charge is 0.0885 e. The summed E-state index contributed by atoms with van der Waals surface area (Å²) in [7, 11) is -0.510. The molecule has 0 N–H and O–H groups in total. The van der Waals surface area contributed by atoms with Gasteiger partial charge in [0.05, 0.1) is 11.9 Å². The van der Waals surface area contributed by atoms with E-state index in [-0.39, 0.29) is 0 Å². The van der Waals surface area contributed by atoms with Gasteiger partial charge in [-0.25, -0.2) is 0 Å². The van der Waals surface area contributed by atoms with Gasteiger partial charge < -0.3 is 0 Å². The third kappa shape index (κ3) is 2.48. The zero-order chi connectivity index (χ0) is 17.8. The van der Waals surface area contributed by atoms with Crippen LogP contribution in [0.2, 0.25) is 0 Å². The van der Waals surface area contributed by atoms with Crippen LogP contribution < -0.4 is 15.9 Å². The summed E-state index contributed by atoms with van der Waals surface area (Å²) in [5.74, 6) is 0. The van der Waals surface area contributed by atoms with Crippen molar-refractivity contribution in [3.8, 4) is 11.3 Å². The van der Waals surface area contributed by atoms with Crippen LogP contribution in [-0.4, -0.2) is 9.97 Å². The van der Waals surface area contributed by atoms with Crippen molar-refractivity contribution in [3.05, 3.63) is 79.3 Å². The number of hydrogen-bond acceptors (Lipinski definition) is 4. The highest BCUT2D eigenvalue weighted by atomic mass is 32.2. The van der Waals surface area contributed by atoms with E-state index >= 15 is 0 Å². The molecule has 0 saturated carbocycles. The van der Waals surface area contributed by atoms with E-state index < -0.39 is 7.92 Å². The van der Waals surface area contributed by atoms with E-state index in [9.17, 15) is 0 Å². The average molecular weight is 400 g/mol. The van der Waals surface area contributed by atoms with Crippen molar-refractivity contribution < 1.29 is 0 Å². The van der Waals surface area contributed by atoms with E-state index in [0.29, 0.717) is 0 Å². The molecule has 0 aliphatic carbocycles. The van der Waals surface area contributed by atoms with Crippen LogP contribution in [0.25, 0.3) is 11.3 Å². The van der Waals surface area contributed by atoms with Crippen LogP contribution in [0.1, 0.15) is 0 Å². The van der Waals surface area contributed by atoms with Gasteiger partial charge >= 0.3 is 0 Å². The lowest BCUT2D eigenvalue weighted by Crippen LogP contribution is -2.31. The van der Waals surface area contributed by atoms with Crippen LogP contribution in [-0.2, 0) is 0 Å². The molecule has 0 bridgehead atoms. The lowest BCUT2D eigenvalue weighted by Gasteiger charge is -2.35. The molecule has 5 heteroatoms. The average Bonchev–Trinajstić information content (AvgIpc) is 2.74. The van der Waals surface area contributed by atoms with Crippen LogP contribution in [0.3, 0.4) is 0 Å². The number of rotatable bonds is 1. The maximum atomic E-state index is 4.52. The first-order chi connectivity index (χ1) is 13.4. The lowest BCUT2D eigenvalue weighted by molar-refractivity contribution is 1.20. The fourth-order valence-electron chi connectivity index (χ4n) is 3.62. The van der Waals surface area contributed by atoms with Crippen molar-refractivity contribution in [1.29, 1.82) is 0 Å². The Morgan fingerprint density at radius 3 is 1.93 bits per heavy atom. The maximum Gasteiger partial charge on any atom is 0.0885 e. The Morgan fingerprint density at radius 2 is 1.33 bits per heavy atom. The molecular formula is C22H13N2PS2. The van der Waals surface area contributed by atoms with Gasteiger partial charge in [-0.05, 0) is 42.8 Å². The summed E-state index contributed by atoms with van der Waals surface area (Å²) in [6.45, 7) is 0. The molecule has 0 fully saturated rings. The molecule has 0 radical (unpaired) electrons. The first-order valence-corrected chi connectivity index (χ1v) is 11.6. The van der Waals surface area contributed by atoms with Gasteiger partial charge in [0.1, 0.15) is 0 Å². The molecule has 2 aliphatic heterocycles.